The summed E-state index contributed by atoms with van der Waals surface area (Å²) in [4.78, 5) is 0. The van der Waals surface area contributed by atoms with Crippen LogP contribution >= 0.6 is 38.5 Å². The predicted octanol–water partition coefficient (Wildman–Crippen LogP) is 4.39. The minimum atomic E-state index is 0.719. The van der Waals surface area contributed by atoms with Gasteiger partial charge in [0.1, 0.15) is 5.75 Å². The average molecular weight is 419 g/mol. The maximum Gasteiger partial charge on any atom is 0.121 e. The molecule has 0 atom stereocenters. The number of rotatable bonds is 3. The highest BCUT2D eigenvalue weighted by atomic mass is 127. The van der Waals surface area contributed by atoms with Gasteiger partial charge in [-0.2, -0.15) is 0 Å². The van der Waals surface area contributed by atoms with Gasteiger partial charge in [0.05, 0.1) is 24.2 Å². The molecule has 2 aromatic carbocycles. The van der Waals surface area contributed by atoms with E-state index in [0.717, 1.165) is 30.9 Å². The van der Waals surface area contributed by atoms with Crippen LogP contribution in [0.1, 0.15) is 0 Å². The van der Waals surface area contributed by atoms with E-state index in [2.05, 4.69) is 43.8 Å². The van der Waals surface area contributed by atoms with E-state index in [1.54, 1.807) is 7.11 Å². The summed E-state index contributed by atoms with van der Waals surface area (Å²) in [6.45, 7) is 0. The fourth-order valence-electron chi connectivity index (χ4n) is 1.52. The molecule has 3 N–H and O–H groups in total. The Balaban J connectivity index is 2.33. The van der Waals surface area contributed by atoms with Crippen molar-refractivity contribution in [3.05, 3.63) is 44.4 Å². The lowest BCUT2D eigenvalue weighted by Crippen LogP contribution is -1.97. The van der Waals surface area contributed by atoms with Gasteiger partial charge in [-0.05, 0) is 68.9 Å². The summed E-state index contributed by atoms with van der Waals surface area (Å²) < 4.78 is 7.27. The minimum Gasteiger partial charge on any atom is -0.497 e. The van der Waals surface area contributed by atoms with Crippen molar-refractivity contribution < 1.29 is 4.74 Å². The van der Waals surface area contributed by atoms with Crippen molar-refractivity contribution in [2.24, 2.45) is 0 Å². The number of hydrogen-bond donors (Lipinski definition) is 2. The van der Waals surface area contributed by atoms with E-state index in [0.29, 0.717) is 0 Å². The highest BCUT2D eigenvalue weighted by Gasteiger charge is 2.05. The highest BCUT2D eigenvalue weighted by molar-refractivity contribution is 14.1. The van der Waals surface area contributed by atoms with Crippen molar-refractivity contribution >= 4 is 55.6 Å². The molecule has 0 spiro atoms. The molecule has 0 aromatic heterocycles. The molecular weight excluding hydrogens is 407 g/mol. The molecule has 0 fully saturated rings. The van der Waals surface area contributed by atoms with Crippen LogP contribution in [0.4, 0.5) is 17.1 Å². The van der Waals surface area contributed by atoms with Crippen molar-refractivity contribution in [2.75, 3.05) is 18.2 Å². The van der Waals surface area contributed by atoms with Gasteiger partial charge in [0.2, 0.25) is 0 Å². The quantitative estimate of drug-likeness (QED) is 0.574. The molecule has 0 heterocycles. The summed E-state index contributed by atoms with van der Waals surface area (Å²) in [5.41, 5.74) is 8.49. The smallest absolute Gasteiger partial charge is 0.121 e. The molecule has 3 nitrogen and oxygen atoms in total. The minimum absolute atomic E-state index is 0.719. The van der Waals surface area contributed by atoms with Crippen LogP contribution in [0.5, 0.6) is 5.75 Å². The summed E-state index contributed by atoms with van der Waals surface area (Å²) in [5, 5.41) is 3.29. The number of benzene rings is 2. The second-order valence-electron chi connectivity index (χ2n) is 3.70. The van der Waals surface area contributed by atoms with Gasteiger partial charge in [-0.1, -0.05) is 0 Å². The van der Waals surface area contributed by atoms with Gasteiger partial charge in [0, 0.05) is 14.1 Å². The lowest BCUT2D eigenvalue weighted by molar-refractivity contribution is 0.415. The Kier molecular flexibility index (Phi) is 4.34. The van der Waals surface area contributed by atoms with Crippen LogP contribution in [0.2, 0.25) is 0 Å². The molecule has 94 valence electrons. The topological polar surface area (TPSA) is 47.3 Å². The Morgan fingerprint density at radius 3 is 2.61 bits per heavy atom. The van der Waals surface area contributed by atoms with E-state index in [9.17, 15) is 0 Å². The van der Waals surface area contributed by atoms with Gasteiger partial charge in [0.15, 0.2) is 0 Å². The number of nitrogen functional groups attached to an aromatic ring is 1. The van der Waals surface area contributed by atoms with Gasteiger partial charge < -0.3 is 15.8 Å². The number of nitrogens with one attached hydrogen (secondary N) is 1. The van der Waals surface area contributed by atoms with E-state index < -0.39 is 0 Å². The third-order valence-electron chi connectivity index (χ3n) is 2.46. The van der Waals surface area contributed by atoms with Crippen molar-refractivity contribution in [3.8, 4) is 5.75 Å². The normalized spacial score (nSPS) is 10.2. The summed E-state index contributed by atoms with van der Waals surface area (Å²) in [7, 11) is 1.65. The first-order chi connectivity index (χ1) is 8.60. The van der Waals surface area contributed by atoms with Crippen LogP contribution in [0.25, 0.3) is 0 Å². The molecule has 0 radical (unpaired) electrons. The largest absolute Gasteiger partial charge is 0.497 e. The third kappa shape index (κ3) is 3.08. The number of nitrogens with two attached hydrogens (primary N) is 1. The molecule has 18 heavy (non-hydrogen) atoms. The molecule has 2 aromatic rings. The van der Waals surface area contributed by atoms with Crippen LogP contribution in [0.3, 0.4) is 0 Å². The predicted molar refractivity (Wildman–Crippen MR) is 87.5 cm³/mol. The lowest BCUT2D eigenvalue weighted by atomic mass is 10.2. The number of anilines is 3. The van der Waals surface area contributed by atoms with Gasteiger partial charge in [-0.15, -0.1) is 0 Å². The van der Waals surface area contributed by atoms with Crippen molar-refractivity contribution in [1.29, 1.82) is 0 Å². The molecule has 0 saturated heterocycles. The van der Waals surface area contributed by atoms with E-state index in [4.69, 9.17) is 10.5 Å². The molecule has 0 aliphatic carbocycles. The van der Waals surface area contributed by atoms with Crippen LogP contribution in [0, 0.1) is 3.57 Å². The second-order valence-corrected chi connectivity index (χ2v) is 5.80. The first kappa shape index (κ1) is 13.5. The first-order valence-corrected chi connectivity index (χ1v) is 7.13. The zero-order valence-electron chi connectivity index (χ0n) is 9.71. The molecule has 0 bridgehead atoms. The fourth-order valence-corrected chi connectivity index (χ4v) is 2.38. The van der Waals surface area contributed by atoms with Crippen LogP contribution in [-0.2, 0) is 0 Å². The van der Waals surface area contributed by atoms with E-state index >= 15 is 0 Å². The van der Waals surface area contributed by atoms with E-state index in [-0.39, 0.29) is 0 Å². The molecule has 0 aliphatic heterocycles. The molecule has 0 amide bonds. The maximum absolute atomic E-state index is 5.98. The fraction of sp³-hybridized carbons (Fsp3) is 0.0769. The molecule has 2 rings (SSSR count). The van der Waals surface area contributed by atoms with Crippen LogP contribution in [0.15, 0.2) is 40.9 Å². The van der Waals surface area contributed by atoms with Crippen molar-refractivity contribution in [3.63, 3.8) is 0 Å². The average Bonchev–Trinajstić information content (AvgIpc) is 2.35. The van der Waals surface area contributed by atoms with Crippen LogP contribution < -0.4 is 15.8 Å². The summed E-state index contributed by atoms with van der Waals surface area (Å²) in [6, 6.07) is 11.6. The first-order valence-electron chi connectivity index (χ1n) is 5.26. The van der Waals surface area contributed by atoms with Crippen molar-refractivity contribution in [2.45, 2.75) is 0 Å². The summed E-state index contributed by atoms with van der Waals surface area (Å²) >= 11 is 5.73. The monoisotopic (exact) mass is 418 g/mol. The van der Waals surface area contributed by atoms with E-state index in [1.807, 2.05) is 36.4 Å². The second kappa shape index (κ2) is 5.79. The Hall–Kier alpha value is -0.950. The summed E-state index contributed by atoms with van der Waals surface area (Å²) in [6.07, 6.45) is 0. The van der Waals surface area contributed by atoms with Gasteiger partial charge in [-0.25, -0.2) is 0 Å². The molecule has 5 heteroatoms. The molecule has 0 unspecified atom stereocenters. The maximum atomic E-state index is 5.98. The Bertz CT molecular complexity index is 575. The number of halogens is 2. The Labute approximate surface area is 128 Å². The zero-order valence-corrected chi connectivity index (χ0v) is 13.4. The number of hydrogen-bond acceptors (Lipinski definition) is 3. The van der Waals surface area contributed by atoms with Gasteiger partial charge in [0.25, 0.3) is 0 Å². The highest BCUT2D eigenvalue weighted by Crippen LogP contribution is 2.32. The zero-order chi connectivity index (χ0) is 13.1. The van der Waals surface area contributed by atoms with E-state index in [1.165, 1.54) is 0 Å². The number of ether oxygens (including phenoxy) is 1. The lowest BCUT2D eigenvalue weighted by Gasteiger charge is -2.12. The molecule has 0 saturated carbocycles. The van der Waals surface area contributed by atoms with Crippen LogP contribution in [-0.4, -0.2) is 7.11 Å². The SMILES string of the molecule is COc1ccc(Br)c(Nc2ccc(I)cc2N)c1. The standard InChI is InChI=1S/C13H12BrIN2O/c1-18-9-3-4-10(14)13(7-9)17-12-5-2-8(15)6-11(12)16/h2-7,17H,16H2,1H3. The molecule has 0 aliphatic rings. The van der Waals surface area contributed by atoms with Gasteiger partial charge in [-0.3, -0.25) is 0 Å². The Morgan fingerprint density at radius 1 is 1.17 bits per heavy atom. The van der Waals surface area contributed by atoms with Crippen molar-refractivity contribution in [1.82, 2.24) is 0 Å². The number of methoxy groups -OCH3 is 1. The third-order valence-corrected chi connectivity index (χ3v) is 3.82. The summed E-state index contributed by atoms with van der Waals surface area (Å²) in [5.74, 6) is 0.796. The van der Waals surface area contributed by atoms with Gasteiger partial charge >= 0.3 is 0 Å². The molecular formula is C13H12BrIN2O. The Morgan fingerprint density at radius 2 is 1.94 bits per heavy atom.